The lowest BCUT2D eigenvalue weighted by Gasteiger charge is -2.18. The molecule has 33 heavy (non-hydrogen) atoms. The van der Waals surface area contributed by atoms with Crippen LogP contribution in [0.1, 0.15) is 36.8 Å². The van der Waals surface area contributed by atoms with Gasteiger partial charge in [0.15, 0.2) is 0 Å². The van der Waals surface area contributed by atoms with Gasteiger partial charge in [0.05, 0.1) is 19.3 Å². The molecule has 0 radical (unpaired) electrons. The predicted octanol–water partition coefficient (Wildman–Crippen LogP) is 3.55. The van der Waals surface area contributed by atoms with Crippen LogP contribution >= 0.6 is 0 Å². The Hall–Kier alpha value is -2.12. The summed E-state index contributed by atoms with van der Waals surface area (Å²) < 4.78 is 12.2. The van der Waals surface area contributed by atoms with Crippen molar-refractivity contribution < 1.29 is 19.7 Å². The number of β-amino-alcohol motifs (C(OH)–C–C–N with tert-alkyl or cyclic N) is 1. The van der Waals surface area contributed by atoms with Gasteiger partial charge in [-0.05, 0) is 87.0 Å². The fourth-order valence-electron chi connectivity index (χ4n) is 4.32. The van der Waals surface area contributed by atoms with Crippen LogP contribution in [0, 0.1) is 13.8 Å². The van der Waals surface area contributed by atoms with Crippen LogP contribution in [0.25, 0.3) is 11.1 Å². The summed E-state index contributed by atoms with van der Waals surface area (Å²) in [6.45, 7) is 10.2. The molecule has 1 atom stereocenters. The standard InChI is InChI=1S/C27H40N2O4/c1-21-24(8-3-10-26(21)32-18-6-14-28-13-5-17-30)25-9-4-11-27(22(25)2)33-19-7-15-29-16-12-23(31)20-29/h3-4,8-11,23,28,30-31H,5-7,12-20H2,1-2H3/t23-/m1/s1. The number of rotatable bonds is 14. The summed E-state index contributed by atoms with van der Waals surface area (Å²) in [6, 6.07) is 12.5. The summed E-state index contributed by atoms with van der Waals surface area (Å²) in [5, 5.41) is 21.8. The average molecular weight is 457 g/mol. The molecule has 6 heteroatoms. The highest BCUT2D eigenvalue weighted by molar-refractivity contribution is 5.74. The topological polar surface area (TPSA) is 74.2 Å². The van der Waals surface area contributed by atoms with Crippen LogP contribution in [0.3, 0.4) is 0 Å². The molecule has 0 unspecified atom stereocenters. The number of aliphatic hydroxyl groups excluding tert-OH is 2. The summed E-state index contributed by atoms with van der Waals surface area (Å²) >= 11 is 0. The van der Waals surface area contributed by atoms with Crippen molar-refractivity contribution in [2.45, 2.75) is 45.6 Å². The van der Waals surface area contributed by atoms with E-state index in [0.29, 0.717) is 13.2 Å². The summed E-state index contributed by atoms with van der Waals surface area (Å²) in [5.41, 5.74) is 4.62. The summed E-state index contributed by atoms with van der Waals surface area (Å²) in [6.07, 6.45) is 3.38. The molecule has 0 spiro atoms. The minimum absolute atomic E-state index is 0.165. The number of benzene rings is 2. The van der Waals surface area contributed by atoms with Crippen LogP contribution in [-0.2, 0) is 0 Å². The second-order valence-electron chi connectivity index (χ2n) is 8.83. The third-order valence-electron chi connectivity index (χ3n) is 6.25. The lowest BCUT2D eigenvalue weighted by atomic mass is 9.95. The Labute approximate surface area is 198 Å². The second-order valence-corrected chi connectivity index (χ2v) is 8.83. The third-order valence-corrected chi connectivity index (χ3v) is 6.25. The molecule has 0 aromatic heterocycles. The van der Waals surface area contributed by atoms with Crippen molar-refractivity contribution in [3.05, 3.63) is 47.5 Å². The van der Waals surface area contributed by atoms with Crippen LogP contribution in [-0.4, -0.2) is 73.8 Å². The molecule has 3 rings (SSSR count). The SMILES string of the molecule is Cc1c(OCCCNCCCO)cccc1-c1cccc(OCCCN2CC[C@@H](O)C2)c1C. The minimum Gasteiger partial charge on any atom is -0.493 e. The first-order valence-corrected chi connectivity index (χ1v) is 12.3. The Morgan fingerprint density at radius 1 is 0.909 bits per heavy atom. The van der Waals surface area contributed by atoms with E-state index in [1.807, 2.05) is 12.1 Å². The van der Waals surface area contributed by atoms with Gasteiger partial charge in [-0.15, -0.1) is 0 Å². The lowest BCUT2D eigenvalue weighted by Crippen LogP contribution is -2.24. The van der Waals surface area contributed by atoms with Crippen molar-refractivity contribution in [3.63, 3.8) is 0 Å². The molecule has 1 aliphatic heterocycles. The van der Waals surface area contributed by atoms with Gasteiger partial charge < -0.3 is 29.9 Å². The average Bonchev–Trinajstić information content (AvgIpc) is 3.23. The van der Waals surface area contributed by atoms with E-state index < -0.39 is 0 Å². The molecule has 2 aromatic carbocycles. The summed E-state index contributed by atoms with van der Waals surface area (Å²) in [7, 11) is 0. The first-order valence-electron chi connectivity index (χ1n) is 12.3. The third kappa shape index (κ3) is 7.71. The fraction of sp³-hybridized carbons (Fsp3) is 0.556. The maximum atomic E-state index is 9.66. The van der Waals surface area contributed by atoms with Crippen molar-refractivity contribution in [1.82, 2.24) is 10.2 Å². The zero-order valence-electron chi connectivity index (χ0n) is 20.2. The molecule has 182 valence electrons. The highest BCUT2D eigenvalue weighted by Gasteiger charge is 2.19. The largest absolute Gasteiger partial charge is 0.493 e. The van der Waals surface area contributed by atoms with E-state index in [-0.39, 0.29) is 12.7 Å². The molecule has 0 aliphatic carbocycles. The van der Waals surface area contributed by atoms with Crippen LogP contribution < -0.4 is 14.8 Å². The van der Waals surface area contributed by atoms with E-state index in [1.165, 1.54) is 11.1 Å². The Kier molecular flexibility index (Phi) is 10.5. The van der Waals surface area contributed by atoms with Gasteiger partial charge in [-0.3, -0.25) is 0 Å². The van der Waals surface area contributed by atoms with Crippen molar-refractivity contribution in [2.75, 3.05) is 52.5 Å². The Bertz CT molecular complexity index is 858. The van der Waals surface area contributed by atoms with Gasteiger partial charge in [0.25, 0.3) is 0 Å². The molecule has 1 fully saturated rings. The lowest BCUT2D eigenvalue weighted by molar-refractivity contribution is 0.173. The number of nitrogens with one attached hydrogen (secondary N) is 1. The van der Waals surface area contributed by atoms with Crippen LogP contribution in [0.15, 0.2) is 36.4 Å². The minimum atomic E-state index is -0.165. The highest BCUT2D eigenvalue weighted by Crippen LogP contribution is 2.35. The van der Waals surface area contributed by atoms with Crippen molar-refractivity contribution >= 4 is 0 Å². The maximum absolute atomic E-state index is 9.66. The fourth-order valence-corrected chi connectivity index (χ4v) is 4.32. The number of nitrogens with zero attached hydrogens (tertiary/aromatic N) is 1. The molecule has 2 aromatic rings. The smallest absolute Gasteiger partial charge is 0.122 e. The zero-order valence-corrected chi connectivity index (χ0v) is 20.2. The van der Waals surface area contributed by atoms with Gasteiger partial charge in [0, 0.05) is 26.2 Å². The van der Waals surface area contributed by atoms with Gasteiger partial charge in [0.2, 0.25) is 0 Å². The summed E-state index contributed by atoms with van der Waals surface area (Å²) in [4.78, 5) is 2.30. The number of aliphatic hydroxyl groups is 2. The highest BCUT2D eigenvalue weighted by atomic mass is 16.5. The molecule has 0 bridgehead atoms. The molecular weight excluding hydrogens is 416 g/mol. The molecule has 1 aliphatic rings. The second kappa shape index (κ2) is 13.6. The van der Waals surface area contributed by atoms with E-state index in [1.54, 1.807) is 0 Å². The van der Waals surface area contributed by atoms with E-state index >= 15 is 0 Å². The quantitative estimate of drug-likeness (QED) is 0.378. The Balaban J connectivity index is 1.54. The summed E-state index contributed by atoms with van der Waals surface area (Å²) in [5.74, 6) is 1.84. The number of hydrogen-bond donors (Lipinski definition) is 3. The molecule has 1 heterocycles. The van der Waals surface area contributed by atoms with Crippen molar-refractivity contribution in [1.29, 1.82) is 0 Å². The van der Waals surface area contributed by atoms with Gasteiger partial charge in [-0.2, -0.15) is 0 Å². The molecular formula is C27H40N2O4. The van der Waals surface area contributed by atoms with Crippen LogP contribution in [0.2, 0.25) is 0 Å². The number of ether oxygens (including phenoxy) is 2. The van der Waals surface area contributed by atoms with Gasteiger partial charge in [-0.1, -0.05) is 24.3 Å². The van der Waals surface area contributed by atoms with Crippen molar-refractivity contribution in [2.24, 2.45) is 0 Å². The normalized spacial score (nSPS) is 16.3. The van der Waals surface area contributed by atoms with Gasteiger partial charge >= 0.3 is 0 Å². The van der Waals surface area contributed by atoms with E-state index in [9.17, 15) is 5.11 Å². The maximum Gasteiger partial charge on any atom is 0.122 e. The van der Waals surface area contributed by atoms with E-state index in [0.717, 1.165) is 81.0 Å². The van der Waals surface area contributed by atoms with Gasteiger partial charge in [-0.25, -0.2) is 0 Å². The molecule has 1 saturated heterocycles. The molecule has 3 N–H and O–H groups in total. The Morgan fingerprint density at radius 2 is 1.52 bits per heavy atom. The van der Waals surface area contributed by atoms with Crippen molar-refractivity contribution in [3.8, 4) is 22.6 Å². The molecule has 0 saturated carbocycles. The molecule has 0 amide bonds. The number of hydrogen-bond acceptors (Lipinski definition) is 6. The Morgan fingerprint density at radius 3 is 2.09 bits per heavy atom. The monoisotopic (exact) mass is 456 g/mol. The molecule has 6 nitrogen and oxygen atoms in total. The predicted molar refractivity (Wildman–Crippen MR) is 133 cm³/mol. The number of likely N-dealkylation sites (tertiary alicyclic amines) is 1. The first kappa shape index (κ1) is 25.5. The zero-order chi connectivity index (χ0) is 23.5. The van der Waals surface area contributed by atoms with Crippen LogP contribution in [0.4, 0.5) is 0 Å². The van der Waals surface area contributed by atoms with E-state index in [2.05, 4.69) is 48.3 Å². The van der Waals surface area contributed by atoms with Crippen LogP contribution in [0.5, 0.6) is 11.5 Å². The van der Waals surface area contributed by atoms with Gasteiger partial charge in [0.1, 0.15) is 11.5 Å². The van der Waals surface area contributed by atoms with E-state index in [4.69, 9.17) is 14.6 Å². The first-order chi connectivity index (χ1) is 16.1.